The Kier molecular flexibility index (Phi) is 8.16. The van der Waals surface area contributed by atoms with Crippen molar-refractivity contribution < 1.29 is 29.0 Å². The molecule has 8 nitrogen and oxygen atoms in total. The van der Waals surface area contributed by atoms with Gasteiger partial charge in [0.1, 0.15) is 11.6 Å². The van der Waals surface area contributed by atoms with Gasteiger partial charge in [-0.05, 0) is 19.3 Å². The van der Waals surface area contributed by atoms with Crippen molar-refractivity contribution in [1.82, 2.24) is 9.80 Å². The average molecular weight is 513 g/mol. The lowest BCUT2D eigenvalue weighted by Crippen LogP contribution is -2.57. The molecule has 9 heteroatoms. The van der Waals surface area contributed by atoms with E-state index >= 15 is 0 Å². The minimum absolute atomic E-state index is 0.00239. The second-order valence-electron chi connectivity index (χ2n) is 8.59. The third kappa shape index (κ3) is 4.15. The van der Waals surface area contributed by atoms with Crippen LogP contribution in [0.1, 0.15) is 32.6 Å². The highest BCUT2D eigenvalue weighted by Crippen LogP contribution is 2.60. The Labute approximate surface area is 197 Å². The molecule has 3 aliphatic rings. The monoisotopic (exact) mass is 512 g/mol. The van der Waals surface area contributed by atoms with Crippen molar-refractivity contribution in [2.75, 3.05) is 32.8 Å². The lowest BCUT2D eigenvalue weighted by atomic mass is 9.70. The fourth-order valence-corrected chi connectivity index (χ4v) is 6.28. The third-order valence-corrected chi connectivity index (χ3v) is 7.49. The van der Waals surface area contributed by atoms with Crippen LogP contribution in [-0.2, 0) is 23.9 Å². The maximum atomic E-state index is 13.8. The fourth-order valence-electron chi connectivity index (χ4n) is 5.33. The number of halogens is 1. The maximum absolute atomic E-state index is 13.8. The van der Waals surface area contributed by atoms with Crippen LogP contribution in [0.4, 0.5) is 0 Å². The molecule has 3 aliphatic heterocycles. The Bertz CT molecular complexity index is 761. The van der Waals surface area contributed by atoms with E-state index in [1.54, 1.807) is 17.1 Å². The summed E-state index contributed by atoms with van der Waals surface area (Å²) in [5.41, 5.74) is -1.13. The zero-order valence-corrected chi connectivity index (χ0v) is 20.2. The lowest BCUT2D eigenvalue weighted by molar-refractivity contribution is -0.155. The van der Waals surface area contributed by atoms with E-state index < -0.39 is 35.6 Å². The molecule has 3 fully saturated rings. The molecule has 0 aromatic rings. The van der Waals surface area contributed by atoms with E-state index in [0.29, 0.717) is 25.9 Å². The van der Waals surface area contributed by atoms with Crippen LogP contribution in [0.15, 0.2) is 25.3 Å². The largest absolute Gasteiger partial charge is 0.465 e. The SMILES string of the molecule is C=CCCOC(=O)[C@H]1[C@@H]2OC3(CC2Br)C(C(=O)N(CC=C)CCCC)N(CCO)C(=O)[C@H]13. The van der Waals surface area contributed by atoms with Crippen LogP contribution in [0.3, 0.4) is 0 Å². The van der Waals surface area contributed by atoms with Gasteiger partial charge in [-0.15, -0.1) is 13.2 Å². The molecule has 3 unspecified atom stereocenters. The summed E-state index contributed by atoms with van der Waals surface area (Å²) in [7, 11) is 0. The van der Waals surface area contributed by atoms with Crippen LogP contribution >= 0.6 is 15.9 Å². The summed E-state index contributed by atoms with van der Waals surface area (Å²) in [6.07, 6.45) is 5.45. The third-order valence-electron chi connectivity index (χ3n) is 6.65. The zero-order valence-electron chi connectivity index (χ0n) is 18.6. The van der Waals surface area contributed by atoms with Gasteiger partial charge in [-0.2, -0.15) is 0 Å². The summed E-state index contributed by atoms with van der Waals surface area (Å²) >= 11 is 3.61. The summed E-state index contributed by atoms with van der Waals surface area (Å²) in [4.78, 5) is 43.2. The van der Waals surface area contributed by atoms with Gasteiger partial charge in [0.2, 0.25) is 11.8 Å². The molecule has 2 bridgehead atoms. The molecule has 0 radical (unpaired) electrons. The van der Waals surface area contributed by atoms with Crippen LogP contribution in [0.5, 0.6) is 0 Å². The van der Waals surface area contributed by atoms with Crippen LogP contribution in [0.2, 0.25) is 0 Å². The number of rotatable bonds is 12. The number of carbonyl (C=O) groups excluding carboxylic acids is 3. The van der Waals surface area contributed by atoms with E-state index in [4.69, 9.17) is 9.47 Å². The molecule has 32 heavy (non-hydrogen) atoms. The number of amides is 2. The Hall–Kier alpha value is -1.71. The first-order valence-corrected chi connectivity index (χ1v) is 12.2. The van der Waals surface area contributed by atoms with Crippen LogP contribution in [-0.4, -0.2) is 88.1 Å². The molecule has 2 amide bonds. The second-order valence-corrected chi connectivity index (χ2v) is 9.77. The molecule has 0 aliphatic carbocycles. The molecule has 178 valence electrons. The minimum atomic E-state index is -1.13. The number of hydrogen-bond acceptors (Lipinski definition) is 6. The first-order valence-electron chi connectivity index (χ1n) is 11.3. The van der Waals surface area contributed by atoms with E-state index in [2.05, 4.69) is 29.1 Å². The first-order chi connectivity index (χ1) is 15.4. The van der Waals surface area contributed by atoms with Gasteiger partial charge in [0.05, 0.1) is 31.2 Å². The number of aliphatic hydroxyl groups excluding tert-OH is 1. The highest BCUT2D eigenvalue weighted by molar-refractivity contribution is 9.09. The Balaban J connectivity index is 1.97. The van der Waals surface area contributed by atoms with E-state index in [1.165, 1.54) is 4.90 Å². The number of nitrogens with zero attached hydrogens (tertiary/aromatic N) is 2. The van der Waals surface area contributed by atoms with Gasteiger partial charge in [-0.3, -0.25) is 14.4 Å². The van der Waals surface area contributed by atoms with Crippen LogP contribution in [0.25, 0.3) is 0 Å². The number of carbonyl (C=O) groups is 3. The van der Waals surface area contributed by atoms with E-state index in [1.807, 2.05) is 6.92 Å². The summed E-state index contributed by atoms with van der Waals surface area (Å²) in [6.45, 7) is 10.2. The zero-order chi connectivity index (χ0) is 23.5. The molecule has 1 N–H and O–H groups in total. The summed E-state index contributed by atoms with van der Waals surface area (Å²) in [6, 6.07) is -0.903. The van der Waals surface area contributed by atoms with E-state index in [-0.39, 0.29) is 36.4 Å². The quantitative estimate of drug-likeness (QED) is 0.185. The Morgan fingerprint density at radius 3 is 2.78 bits per heavy atom. The van der Waals surface area contributed by atoms with Gasteiger partial charge < -0.3 is 24.4 Å². The highest BCUT2D eigenvalue weighted by Gasteiger charge is 2.77. The Morgan fingerprint density at radius 2 is 2.16 bits per heavy atom. The number of alkyl halides is 1. The first kappa shape index (κ1) is 24.9. The molecule has 0 aromatic heterocycles. The fraction of sp³-hybridized carbons (Fsp3) is 0.696. The Morgan fingerprint density at radius 1 is 1.41 bits per heavy atom. The average Bonchev–Trinajstić information content (AvgIpc) is 3.35. The predicted molar refractivity (Wildman–Crippen MR) is 122 cm³/mol. The van der Waals surface area contributed by atoms with Crippen molar-refractivity contribution in [3.8, 4) is 0 Å². The predicted octanol–water partition coefficient (Wildman–Crippen LogP) is 1.66. The minimum Gasteiger partial charge on any atom is -0.465 e. The standard InChI is InChI=1S/C23H33BrN2O6/c1-4-7-10-25(9-6-3)21(29)19-23-14-15(24)18(32-23)16(22(30)31-13-8-5-2)17(23)20(28)26(19)11-12-27/h5-6,15-19,27H,2-4,7-14H2,1H3/t15?,16-,17+,18-,19?,23?/m1/s1. The summed E-state index contributed by atoms with van der Waals surface area (Å²) < 4.78 is 11.8. The van der Waals surface area contributed by atoms with Crippen molar-refractivity contribution in [3.63, 3.8) is 0 Å². The molecule has 0 saturated carbocycles. The number of hydrogen-bond donors (Lipinski definition) is 1. The summed E-state index contributed by atoms with van der Waals surface area (Å²) in [5.74, 6) is -2.67. The number of ether oxygens (including phenoxy) is 2. The van der Waals surface area contributed by atoms with E-state index in [9.17, 15) is 19.5 Å². The van der Waals surface area contributed by atoms with Gasteiger partial charge in [0.15, 0.2) is 0 Å². The van der Waals surface area contributed by atoms with Crippen molar-refractivity contribution in [2.24, 2.45) is 11.8 Å². The van der Waals surface area contributed by atoms with Crippen molar-refractivity contribution in [2.45, 2.75) is 55.2 Å². The molecule has 3 saturated heterocycles. The van der Waals surface area contributed by atoms with Crippen molar-refractivity contribution in [1.29, 1.82) is 0 Å². The van der Waals surface area contributed by atoms with E-state index in [0.717, 1.165) is 12.8 Å². The number of likely N-dealkylation sites (tertiary alicyclic amines) is 1. The summed E-state index contributed by atoms with van der Waals surface area (Å²) in [5, 5.41) is 9.64. The van der Waals surface area contributed by atoms with Gasteiger partial charge >= 0.3 is 5.97 Å². The normalized spacial score (nSPS) is 32.7. The number of fused-ring (bicyclic) bond motifs is 1. The number of β-amino-alcohol motifs (C(OH)–C–C–N with tert-alkyl or cyclic N) is 1. The van der Waals surface area contributed by atoms with Gasteiger partial charge in [0, 0.05) is 24.5 Å². The number of unbranched alkanes of at least 4 members (excludes halogenated alkanes) is 1. The molecular weight excluding hydrogens is 480 g/mol. The molecule has 0 aromatic carbocycles. The van der Waals surface area contributed by atoms with Gasteiger partial charge in [-0.1, -0.05) is 41.4 Å². The maximum Gasteiger partial charge on any atom is 0.312 e. The van der Waals surface area contributed by atoms with Gasteiger partial charge in [-0.25, -0.2) is 0 Å². The smallest absolute Gasteiger partial charge is 0.312 e. The highest BCUT2D eigenvalue weighted by atomic mass is 79.9. The van der Waals surface area contributed by atoms with Crippen LogP contribution in [0, 0.1) is 11.8 Å². The molecular formula is C23H33BrN2O6. The number of aliphatic hydroxyl groups is 1. The number of esters is 1. The lowest BCUT2D eigenvalue weighted by Gasteiger charge is -2.37. The topological polar surface area (TPSA) is 96.4 Å². The molecule has 3 heterocycles. The van der Waals surface area contributed by atoms with Crippen LogP contribution < -0.4 is 0 Å². The molecule has 3 rings (SSSR count). The van der Waals surface area contributed by atoms with Gasteiger partial charge in [0.25, 0.3) is 0 Å². The molecule has 6 atom stereocenters. The van der Waals surface area contributed by atoms with Crippen molar-refractivity contribution >= 4 is 33.7 Å². The van der Waals surface area contributed by atoms with Crippen molar-refractivity contribution in [3.05, 3.63) is 25.3 Å². The second kappa shape index (κ2) is 10.5. The molecule has 1 spiro atoms.